The summed E-state index contributed by atoms with van der Waals surface area (Å²) < 4.78 is 39.7. The standard InChI is InChI=1S/C14H8ClF3N4/c15-11-5-1-3-9(7-11)13-19-20-21-22(13)12-6-2-4-10(8-12)14(16,17)18/h1-8H. The lowest BCUT2D eigenvalue weighted by atomic mass is 10.2. The molecule has 8 heteroatoms. The lowest BCUT2D eigenvalue weighted by Gasteiger charge is -2.09. The number of rotatable bonds is 2. The number of hydrogen-bond acceptors (Lipinski definition) is 3. The highest BCUT2D eigenvalue weighted by Gasteiger charge is 2.30. The fraction of sp³-hybridized carbons (Fsp3) is 0.0714. The fourth-order valence-electron chi connectivity index (χ4n) is 1.98. The van der Waals surface area contributed by atoms with Crippen LogP contribution in [0, 0.1) is 0 Å². The van der Waals surface area contributed by atoms with Crippen molar-refractivity contribution in [1.82, 2.24) is 20.2 Å². The summed E-state index contributed by atoms with van der Waals surface area (Å²) >= 11 is 5.92. The minimum atomic E-state index is -4.43. The lowest BCUT2D eigenvalue weighted by molar-refractivity contribution is -0.137. The van der Waals surface area contributed by atoms with Gasteiger partial charge < -0.3 is 0 Å². The van der Waals surface area contributed by atoms with Crippen LogP contribution in [0.5, 0.6) is 0 Å². The Balaban J connectivity index is 2.10. The van der Waals surface area contributed by atoms with Crippen molar-refractivity contribution in [2.24, 2.45) is 0 Å². The summed E-state index contributed by atoms with van der Waals surface area (Å²) in [5.41, 5.74) is 0.0576. The van der Waals surface area contributed by atoms with E-state index in [-0.39, 0.29) is 5.69 Å². The minimum absolute atomic E-state index is 0.217. The van der Waals surface area contributed by atoms with E-state index >= 15 is 0 Å². The highest BCUT2D eigenvalue weighted by Crippen LogP contribution is 2.31. The summed E-state index contributed by atoms with van der Waals surface area (Å²) in [6.07, 6.45) is -4.43. The summed E-state index contributed by atoms with van der Waals surface area (Å²) in [5.74, 6) is 0.307. The van der Waals surface area contributed by atoms with Crippen molar-refractivity contribution in [2.45, 2.75) is 6.18 Å². The lowest BCUT2D eigenvalue weighted by Crippen LogP contribution is -2.07. The Morgan fingerprint density at radius 1 is 1.00 bits per heavy atom. The second kappa shape index (κ2) is 5.42. The average Bonchev–Trinajstić information content (AvgIpc) is 2.96. The molecule has 112 valence electrons. The molecule has 0 radical (unpaired) electrons. The van der Waals surface area contributed by atoms with Gasteiger partial charge in [0.25, 0.3) is 0 Å². The van der Waals surface area contributed by atoms with E-state index in [2.05, 4.69) is 15.5 Å². The van der Waals surface area contributed by atoms with Gasteiger partial charge in [0, 0.05) is 10.6 Å². The van der Waals surface area contributed by atoms with E-state index in [1.54, 1.807) is 24.3 Å². The van der Waals surface area contributed by atoms with Crippen LogP contribution in [-0.2, 0) is 6.18 Å². The quantitative estimate of drug-likeness (QED) is 0.715. The van der Waals surface area contributed by atoms with Gasteiger partial charge >= 0.3 is 6.18 Å². The molecule has 0 spiro atoms. The zero-order valence-electron chi connectivity index (χ0n) is 10.9. The molecule has 22 heavy (non-hydrogen) atoms. The Labute approximate surface area is 128 Å². The van der Waals surface area contributed by atoms with Crippen molar-refractivity contribution in [3.8, 4) is 17.1 Å². The van der Waals surface area contributed by atoms with Crippen molar-refractivity contribution in [2.75, 3.05) is 0 Å². The predicted molar refractivity (Wildman–Crippen MR) is 74.6 cm³/mol. The number of nitrogens with zero attached hydrogens (tertiary/aromatic N) is 4. The van der Waals surface area contributed by atoms with E-state index in [1.165, 1.54) is 16.8 Å². The first kappa shape index (κ1) is 14.5. The van der Waals surface area contributed by atoms with Crippen LogP contribution < -0.4 is 0 Å². The number of hydrogen-bond donors (Lipinski definition) is 0. The van der Waals surface area contributed by atoms with Gasteiger partial charge in [-0.05, 0) is 40.8 Å². The molecular formula is C14H8ClF3N4. The SMILES string of the molecule is FC(F)(F)c1cccc(-n2nnnc2-c2cccc(Cl)c2)c1. The number of halogens is 4. The Morgan fingerprint density at radius 3 is 2.50 bits per heavy atom. The number of alkyl halides is 3. The number of benzene rings is 2. The molecule has 0 bridgehead atoms. The summed E-state index contributed by atoms with van der Waals surface area (Å²) in [4.78, 5) is 0. The third kappa shape index (κ3) is 2.80. The second-order valence-electron chi connectivity index (χ2n) is 4.47. The molecule has 3 aromatic rings. The van der Waals surface area contributed by atoms with Gasteiger partial charge in [0.05, 0.1) is 11.3 Å². The van der Waals surface area contributed by atoms with Crippen LogP contribution >= 0.6 is 11.6 Å². The van der Waals surface area contributed by atoms with Gasteiger partial charge in [-0.2, -0.15) is 17.9 Å². The molecule has 1 heterocycles. The summed E-state index contributed by atoms with van der Waals surface area (Å²) in [6, 6.07) is 11.5. The summed E-state index contributed by atoms with van der Waals surface area (Å²) in [7, 11) is 0. The Hall–Kier alpha value is -2.41. The van der Waals surface area contributed by atoms with E-state index < -0.39 is 11.7 Å². The Morgan fingerprint density at radius 2 is 1.77 bits per heavy atom. The van der Waals surface area contributed by atoms with Crippen molar-refractivity contribution in [3.63, 3.8) is 0 Å². The number of aromatic nitrogens is 4. The van der Waals surface area contributed by atoms with E-state index in [1.807, 2.05) is 0 Å². The molecule has 0 saturated heterocycles. The third-order valence-corrected chi connectivity index (χ3v) is 3.21. The van der Waals surface area contributed by atoms with Gasteiger partial charge in [-0.3, -0.25) is 0 Å². The molecule has 0 aliphatic heterocycles. The summed E-state index contributed by atoms with van der Waals surface area (Å²) in [6.45, 7) is 0. The van der Waals surface area contributed by atoms with E-state index in [0.29, 0.717) is 16.4 Å². The monoisotopic (exact) mass is 324 g/mol. The third-order valence-electron chi connectivity index (χ3n) is 2.97. The van der Waals surface area contributed by atoms with Gasteiger partial charge in [0.1, 0.15) is 0 Å². The largest absolute Gasteiger partial charge is 0.416 e. The highest BCUT2D eigenvalue weighted by molar-refractivity contribution is 6.30. The van der Waals surface area contributed by atoms with Gasteiger partial charge in [0.15, 0.2) is 5.82 Å². The van der Waals surface area contributed by atoms with Crippen LogP contribution in [0.3, 0.4) is 0 Å². The Bertz CT molecular complexity index is 814. The molecule has 0 aliphatic carbocycles. The van der Waals surface area contributed by atoms with Crippen LogP contribution in [0.4, 0.5) is 13.2 Å². The van der Waals surface area contributed by atoms with Gasteiger partial charge in [-0.1, -0.05) is 29.8 Å². The average molecular weight is 325 g/mol. The van der Waals surface area contributed by atoms with Crippen LogP contribution in [0.1, 0.15) is 5.56 Å². The first-order valence-electron chi connectivity index (χ1n) is 6.17. The van der Waals surface area contributed by atoms with Crippen LogP contribution in [-0.4, -0.2) is 20.2 Å². The first-order valence-corrected chi connectivity index (χ1v) is 6.55. The topological polar surface area (TPSA) is 43.6 Å². The van der Waals surface area contributed by atoms with Crippen molar-refractivity contribution < 1.29 is 13.2 Å². The maximum absolute atomic E-state index is 12.8. The van der Waals surface area contributed by atoms with Gasteiger partial charge in [-0.15, -0.1) is 5.10 Å². The molecule has 2 aromatic carbocycles. The van der Waals surface area contributed by atoms with E-state index in [4.69, 9.17) is 11.6 Å². The zero-order chi connectivity index (χ0) is 15.7. The molecule has 0 N–H and O–H groups in total. The molecule has 1 aromatic heterocycles. The molecule has 3 rings (SSSR count). The molecule has 0 unspecified atom stereocenters. The van der Waals surface area contributed by atoms with Crippen molar-refractivity contribution in [3.05, 3.63) is 59.1 Å². The van der Waals surface area contributed by atoms with E-state index in [9.17, 15) is 13.2 Å². The zero-order valence-corrected chi connectivity index (χ0v) is 11.7. The van der Waals surface area contributed by atoms with Crippen LogP contribution in [0.2, 0.25) is 5.02 Å². The maximum Gasteiger partial charge on any atom is 0.416 e. The summed E-state index contributed by atoms with van der Waals surface area (Å²) in [5, 5.41) is 11.6. The normalized spacial score (nSPS) is 11.6. The van der Waals surface area contributed by atoms with E-state index in [0.717, 1.165) is 12.1 Å². The Kier molecular flexibility index (Phi) is 3.58. The molecule has 0 fully saturated rings. The molecule has 0 atom stereocenters. The molecule has 0 saturated carbocycles. The first-order chi connectivity index (χ1) is 10.4. The van der Waals surface area contributed by atoms with Crippen LogP contribution in [0.15, 0.2) is 48.5 Å². The van der Waals surface area contributed by atoms with Crippen molar-refractivity contribution in [1.29, 1.82) is 0 Å². The van der Waals surface area contributed by atoms with Crippen LogP contribution in [0.25, 0.3) is 17.1 Å². The molecular weight excluding hydrogens is 317 g/mol. The minimum Gasteiger partial charge on any atom is -0.193 e. The van der Waals surface area contributed by atoms with Crippen molar-refractivity contribution >= 4 is 11.6 Å². The smallest absolute Gasteiger partial charge is 0.193 e. The molecule has 4 nitrogen and oxygen atoms in total. The predicted octanol–water partition coefficient (Wildman–Crippen LogP) is 4.00. The number of tetrazole rings is 1. The molecule has 0 amide bonds. The van der Waals surface area contributed by atoms with Gasteiger partial charge in [-0.25, -0.2) is 0 Å². The highest BCUT2D eigenvalue weighted by atomic mass is 35.5. The fourth-order valence-corrected chi connectivity index (χ4v) is 2.17. The van der Waals surface area contributed by atoms with Gasteiger partial charge in [0.2, 0.25) is 0 Å². The molecule has 0 aliphatic rings. The second-order valence-corrected chi connectivity index (χ2v) is 4.91. The maximum atomic E-state index is 12.8.